The summed E-state index contributed by atoms with van der Waals surface area (Å²) >= 11 is 0. The Labute approximate surface area is 123 Å². The zero-order valence-electron chi connectivity index (χ0n) is 11.7. The third kappa shape index (κ3) is 4.95. The first-order chi connectivity index (χ1) is 10.1. The van der Waals surface area contributed by atoms with Gasteiger partial charge in [0.25, 0.3) is 0 Å². The van der Waals surface area contributed by atoms with Crippen LogP contribution in [0, 0.1) is 5.92 Å². The monoisotopic (exact) mass is 289 g/mol. The molecule has 1 aromatic carbocycles. The highest BCUT2D eigenvalue weighted by molar-refractivity contribution is 5.93. The molecule has 0 atom stereocenters. The van der Waals surface area contributed by atoms with Gasteiger partial charge in [0.05, 0.1) is 6.61 Å². The number of carboxylic acid groups (broad SMARTS) is 1. The van der Waals surface area contributed by atoms with Crippen LogP contribution in [0.1, 0.15) is 25.7 Å². The van der Waals surface area contributed by atoms with E-state index >= 15 is 0 Å². The van der Waals surface area contributed by atoms with E-state index in [0.29, 0.717) is 18.8 Å². The summed E-state index contributed by atoms with van der Waals surface area (Å²) in [6, 6.07) is 7.10. The maximum absolute atomic E-state index is 11.9. The van der Waals surface area contributed by atoms with Crippen molar-refractivity contribution < 1.29 is 19.4 Å². The molecule has 0 aromatic heterocycles. The highest BCUT2D eigenvalue weighted by Gasteiger charge is 2.18. The fourth-order valence-electron chi connectivity index (χ4n) is 2.12. The van der Waals surface area contributed by atoms with Gasteiger partial charge >= 0.3 is 5.97 Å². The van der Waals surface area contributed by atoms with Crippen LogP contribution in [-0.4, -0.2) is 23.6 Å². The Hall–Kier alpha value is -2.30. The molecule has 5 heteroatoms. The average molecular weight is 289 g/mol. The van der Waals surface area contributed by atoms with Gasteiger partial charge in [-0.1, -0.05) is 12.2 Å². The molecule has 0 bridgehead atoms. The lowest BCUT2D eigenvalue weighted by molar-refractivity contribution is -0.137. The van der Waals surface area contributed by atoms with Gasteiger partial charge in [-0.05, 0) is 43.5 Å². The van der Waals surface area contributed by atoms with Gasteiger partial charge in [0.1, 0.15) is 5.75 Å². The van der Waals surface area contributed by atoms with Crippen molar-refractivity contribution in [2.45, 2.75) is 25.7 Å². The fraction of sp³-hybridized carbons (Fsp3) is 0.375. The van der Waals surface area contributed by atoms with Crippen molar-refractivity contribution in [3.63, 3.8) is 0 Å². The fourth-order valence-corrected chi connectivity index (χ4v) is 2.12. The van der Waals surface area contributed by atoms with Crippen LogP contribution in [0.15, 0.2) is 36.4 Å². The van der Waals surface area contributed by atoms with E-state index in [4.69, 9.17) is 9.84 Å². The van der Waals surface area contributed by atoms with Gasteiger partial charge in [-0.15, -0.1) is 0 Å². The molecular weight excluding hydrogens is 270 g/mol. The van der Waals surface area contributed by atoms with Gasteiger partial charge in [0.15, 0.2) is 0 Å². The quantitative estimate of drug-likeness (QED) is 0.598. The third-order valence-corrected chi connectivity index (χ3v) is 3.30. The number of amides is 1. The minimum absolute atomic E-state index is 0.0372. The molecule has 0 heterocycles. The minimum Gasteiger partial charge on any atom is -0.494 e. The highest BCUT2D eigenvalue weighted by Crippen LogP contribution is 2.21. The largest absolute Gasteiger partial charge is 0.494 e. The number of nitrogens with one attached hydrogen (secondary N) is 1. The molecule has 0 saturated heterocycles. The van der Waals surface area contributed by atoms with Crippen molar-refractivity contribution in [2.24, 2.45) is 5.92 Å². The second-order valence-electron chi connectivity index (χ2n) is 5.00. The van der Waals surface area contributed by atoms with E-state index in [1.807, 2.05) is 12.2 Å². The molecule has 2 rings (SSSR count). The standard InChI is InChI=1S/C16H19NO4/c18-15(19)6-3-11-21-14-9-7-13(8-10-14)17-16(20)12-4-1-2-5-12/h1-2,7-10,12H,3-6,11H2,(H,17,20)(H,18,19). The molecule has 112 valence electrons. The zero-order chi connectivity index (χ0) is 15.1. The number of aliphatic carboxylic acids is 1. The number of carbonyl (C=O) groups excluding carboxylic acids is 1. The Balaban J connectivity index is 1.76. The molecule has 1 amide bonds. The number of hydrogen-bond donors (Lipinski definition) is 2. The Morgan fingerprint density at radius 3 is 2.48 bits per heavy atom. The van der Waals surface area contributed by atoms with E-state index < -0.39 is 5.97 Å². The number of hydrogen-bond acceptors (Lipinski definition) is 3. The summed E-state index contributed by atoms with van der Waals surface area (Å²) in [5.74, 6) is -0.0777. The van der Waals surface area contributed by atoms with Gasteiger partial charge < -0.3 is 15.2 Å². The van der Waals surface area contributed by atoms with Crippen molar-refractivity contribution in [3.05, 3.63) is 36.4 Å². The number of benzene rings is 1. The average Bonchev–Trinajstić information content (AvgIpc) is 2.99. The molecule has 0 aliphatic heterocycles. The van der Waals surface area contributed by atoms with Gasteiger partial charge in [0, 0.05) is 18.0 Å². The van der Waals surface area contributed by atoms with Crippen molar-refractivity contribution in [1.82, 2.24) is 0 Å². The van der Waals surface area contributed by atoms with E-state index in [1.54, 1.807) is 24.3 Å². The summed E-state index contributed by atoms with van der Waals surface area (Å²) in [7, 11) is 0. The van der Waals surface area contributed by atoms with Crippen molar-refractivity contribution >= 4 is 17.6 Å². The molecule has 0 unspecified atom stereocenters. The van der Waals surface area contributed by atoms with E-state index in [-0.39, 0.29) is 18.2 Å². The third-order valence-electron chi connectivity index (χ3n) is 3.30. The lowest BCUT2D eigenvalue weighted by atomic mass is 10.1. The summed E-state index contributed by atoms with van der Waals surface area (Å²) in [6.07, 6.45) is 6.23. The lowest BCUT2D eigenvalue weighted by Gasteiger charge is -2.11. The first kappa shape index (κ1) is 15.1. The van der Waals surface area contributed by atoms with E-state index in [0.717, 1.165) is 18.5 Å². The number of ether oxygens (including phenoxy) is 1. The van der Waals surface area contributed by atoms with Crippen LogP contribution >= 0.6 is 0 Å². The number of allylic oxidation sites excluding steroid dienone is 2. The predicted molar refractivity (Wildman–Crippen MR) is 79.3 cm³/mol. The van der Waals surface area contributed by atoms with E-state index in [2.05, 4.69) is 5.32 Å². The van der Waals surface area contributed by atoms with Crippen molar-refractivity contribution in [1.29, 1.82) is 0 Å². The van der Waals surface area contributed by atoms with Crippen LogP contribution in [-0.2, 0) is 9.59 Å². The molecule has 0 radical (unpaired) electrons. The molecule has 2 N–H and O–H groups in total. The molecule has 1 aliphatic carbocycles. The van der Waals surface area contributed by atoms with Gasteiger partial charge in [-0.2, -0.15) is 0 Å². The Morgan fingerprint density at radius 2 is 1.86 bits per heavy atom. The van der Waals surface area contributed by atoms with Crippen LogP contribution in [0.25, 0.3) is 0 Å². The van der Waals surface area contributed by atoms with E-state index in [9.17, 15) is 9.59 Å². The summed E-state index contributed by atoms with van der Waals surface area (Å²) in [6.45, 7) is 0.367. The SMILES string of the molecule is O=C(O)CCCOc1ccc(NC(=O)C2CC=CC2)cc1. The molecule has 21 heavy (non-hydrogen) atoms. The highest BCUT2D eigenvalue weighted by atomic mass is 16.5. The number of rotatable bonds is 7. The van der Waals surface area contributed by atoms with Crippen LogP contribution in [0.5, 0.6) is 5.75 Å². The Morgan fingerprint density at radius 1 is 1.19 bits per heavy atom. The zero-order valence-corrected chi connectivity index (χ0v) is 11.7. The van der Waals surface area contributed by atoms with Crippen LogP contribution < -0.4 is 10.1 Å². The normalized spacial score (nSPS) is 14.1. The summed E-state index contributed by atoms with van der Waals surface area (Å²) in [5, 5.41) is 11.4. The Kier molecular flexibility index (Phi) is 5.37. The topological polar surface area (TPSA) is 75.6 Å². The second kappa shape index (κ2) is 7.47. The molecule has 0 spiro atoms. The van der Waals surface area contributed by atoms with Crippen LogP contribution in [0.2, 0.25) is 0 Å². The van der Waals surface area contributed by atoms with Gasteiger partial charge in [-0.3, -0.25) is 9.59 Å². The molecule has 5 nitrogen and oxygen atoms in total. The molecule has 1 aromatic rings. The van der Waals surface area contributed by atoms with Crippen molar-refractivity contribution in [2.75, 3.05) is 11.9 Å². The summed E-state index contributed by atoms with van der Waals surface area (Å²) in [5.41, 5.74) is 0.741. The number of carboxylic acids is 1. The summed E-state index contributed by atoms with van der Waals surface area (Å²) < 4.78 is 5.43. The minimum atomic E-state index is -0.821. The molecule has 0 fully saturated rings. The predicted octanol–water partition coefficient (Wildman–Crippen LogP) is 2.83. The summed E-state index contributed by atoms with van der Waals surface area (Å²) in [4.78, 5) is 22.3. The van der Waals surface area contributed by atoms with Crippen LogP contribution in [0.4, 0.5) is 5.69 Å². The Bertz CT molecular complexity index is 514. The first-order valence-electron chi connectivity index (χ1n) is 7.05. The number of carbonyl (C=O) groups is 2. The van der Waals surface area contributed by atoms with Crippen molar-refractivity contribution in [3.8, 4) is 5.75 Å². The number of anilines is 1. The van der Waals surface area contributed by atoms with Gasteiger partial charge in [-0.25, -0.2) is 0 Å². The molecule has 0 saturated carbocycles. The van der Waals surface area contributed by atoms with E-state index in [1.165, 1.54) is 0 Å². The second-order valence-corrected chi connectivity index (χ2v) is 5.00. The van der Waals surface area contributed by atoms with Gasteiger partial charge in [0.2, 0.25) is 5.91 Å². The smallest absolute Gasteiger partial charge is 0.303 e. The lowest BCUT2D eigenvalue weighted by Crippen LogP contribution is -2.20. The first-order valence-corrected chi connectivity index (χ1v) is 7.05. The molecule has 1 aliphatic rings. The maximum Gasteiger partial charge on any atom is 0.303 e. The maximum atomic E-state index is 11.9. The van der Waals surface area contributed by atoms with Crippen LogP contribution in [0.3, 0.4) is 0 Å². The molecular formula is C16H19NO4.